The SMILES string of the molecule is CCC(CC(=O)O)Nc1ccc(CCCCCCCCCC(F)F)cc1.CCCCCCCCCCN. The van der Waals surface area contributed by atoms with Crippen molar-refractivity contribution in [2.24, 2.45) is 5.73 Å². The number of carbonyl (C=O) groups is 1. The molecule has 4 N–H and O–H groups in total. The van der Waals surface area contributed by atoms with Gasteiger partial charge in [-0.3, -0.25) is 4.79 Å². The van der Waals surface area contributed by atoms with E-state index in [1.54, 1.807) is 0 Å². The lowest BCUT2D eigenvalue weighted by Crippen LogP contribution is -2.22. The van der Waals surface area contributed by atoms with Crippen LogP contribution in [0.2, 0.25) is 0 Å². The Morgan fingerprint density at radius 3 is 1.81 bits per heavy atom. The van der Waals surface area contributed by atoms with Crippen molar-refractivity contribution in [3.8, 4) is 0 Å². The molecule has 1 atom stereocenters. The van der Waals surface area contributed by atoms with Crippen LogP contribution in [0.3, 0.4) is 0 Å². The third-order valence-electron chi connectivity index (χ3n) is 6.68. The van der Waals surface area contributed by atoms with Crippen molar-refractivity contribution >= 4 is 11.7 Å². The minimum absolute atomic E-state index is 0.0418. The molecule has 0 bridgehead atoms. The summed E-state index contributed by atoms with van der Waals surface area (Å²) in [5, 5.41) is 12.2. The van der Waals surface area contributed by atoms with Gasteiger partial charge >= 0.3 is 5.97 Å². The van der Waals surface area contributed by atoms with Gasteiger partial charge in [-0.1, -0.05) is 103 Å². The molecular weight excluding hydrogens is 470 g/mol. The molecule has 0 aliphatic heterocycles. The molecule has 0 aliphatic carbocycles. The Balaban J connectivity index is 0.000000989. The van der Waals surface area contributed by atoms with Crippen LogP contribution in [0.5, 0.6) is 0 Å². The van der Waals surface area contributed by atoms with Crippen molar-refractivity contribution in [2.75, 3.05) is 11.9 Å². The number of nitrogens with one attached hydrogen (secondary N) is 1. The van der Waals surface area contributed by atoms with Crippen molar-refractivity contribution in [3.05, 3.63) is 29.8 Å². The van der Waals surface area contributed by atoms with Gasteiger partial charge in [0.15, 0.2) is 0 Å². The van der Waals surface area contributed by atoms with E-state index in [0.717, 1.165) is 50.8 Å². The molecular formula is C31H56F2N2O2. The van der Waals surface area contributed by atoms with E-state index in [1.807, 2.05) is 19.1 Å². The molecule has 6 heteroatoms. The Hall–Kier alpha value is -1.69. The number of benzene rings is 1. The molecule has 0 heterocycles. The van der Waals surface area contributed by atoms with E-state index in [4.69, 9.17) is 10.8 Å². The molecule has 0 amide bonds. The lowest BCUT2D eigenvalue weighted by Gasteiger charge is -2.16. The van der Waals surface area contributed by atoms with Crippen LogP contribution in [0.1, 0.15) is 135 Å². The van der Waals surface area contributed by atoms with Crippen LogP contribution < -0.4 is 11.1 Å². The van der Waals surface area contributed by atoms with Gasteiger partial charge in [-0.15, -0.1) is 0 Å². The Bertz CT molecular complexity index is 618. The first-order valence-electron chi connectivity index (χ1n) is 15.0. The van der Waals surface area contributed by atoms with Crippen molar-refractivity contribution in [1.82, 2.24) is 0 Å². The monoisotopic (exact) mass is 526 g/mol. The van der Waals surface area contributed by atoms with Crippen LogP contribution in [-0.4, -0.2) is 30.1 Å². The number of aryl methyl sites for hydroxylation is 1. The van der Waals surface area contributed by atoms with Gasteiger partial charge in [-0.25, -0.2) is 8.78 Å². The molecule has 216 valence electrons. The summed E-state index contributed by atoms with van der Waals surface area (Å²) in [6.07, 6.45) is 18.0. The van der Waals surface area contributed by atoms with Crippen molar-refractivity contribution in [3.63, 3.8) is 0 Å². The maximum Gasteiger partial charge on any atom is 0.305 e. The molecule has 0 aromatic heterocycles. The normalized spacial score (nSPS) is 11.7. The number of rotatable bonds is 23. The first-order valence-corrected chi connectivity index (χ1v) is 15.0. The molecule has 1 aromatic rings. The van der Waals surface area contributed by atoms with E-state index < -0.39 is 12.4 Å². The number of carboxylic acids is 1. The summed E-state index contributed by atoms with van der Waals surface area (Å²) in [7, 11) is 0. The predicted octanol–water partition coefficient (Wildman–Crippen LogP) is 9.37. The fourth-order valence-electron chi connectivity index (χ4n) is 4.30. The number of carboxylic acid groups (broad SMARTS) is 1. The molecule has 1 unspecified atom stereocenters. The summed E-state index contributed by atoms with van der Waals surface area (Å²) in [4.78, 5) is 10.8. The van der Waals surface area contributed by atoms with Crippen LogP contribution in [-0.2, 0) is 11.2 Å². The predicted molar refractivity (Wildman–Crippen MR) is 155 cm³/mol. The second-order valence-electron chi connectivity index (χ2n) is 10.2. The summed E-state index contributed by atoms with van der Waals surface area (Å²) in [6.45, 7) is 5.11. The third-order valence-corrected chi connectivity index (χ3v) is 6.68. The van der Waals surface area contributed by atoms with Crippen molar-refractivity contribution < 1.29 is 18.7 Å². The molecule has 0 spiro atoms. The Kier molecular flexibility index (Phi) is 24.8. The molecule has 0 saturated heterocycles. The van der Waals surface area contributed by atoms with E-state index in [0.29, 0.717) is 6.42 Å². The Morgan fingerprint density at radius 1 is 0.811 bits per heavy atom. The fraction of sp³-hybridized carbons (Fsp3) is 0.774. The Labute approximate surface area is 226 Å². The van der Waals surface area contributed by atoms with Gasteiger partial charge in [0.05, 0.1) is 6.42 Å². The first-order chi connectivity index (χ1) is 17.9. The van der Waals surface area contributed by atoms with E-state index in [2.05, 4.69) is 24.4 Å². The highest BCUT2D eigenvalue weighted by atomic mass is 19.3. The van der Waals surface area contributed by atoms with E-state index in [-0.39, 0.29) is 18.9 Å². The number of hydrogen-bond acceptors (Lipinski definition) is 3. The van der Waals surface area contributed by atoms with Crippen LogP contribution in [0.25, 0.3) is 0 Å². The highest BCUT2D eigenvalue weighted by Gasteiger charge is 2.10. The molecule has 37 heavy (non-hydrogen) atoms. The number of anilines is 1. The lowest BCUT2D eigenvalue weighted by molar-refractivity contribution is -0.137. The highest BCUT2D eigenvalue weighted by Crippen LogP contribution is 2.16. The summed E-state index contributed by atoms with van der Waals surface area (Å²) < 4.78 is 24.0. The third kappa shape index (κ3) is 24.4. The summed E-state index contributed by atoms with van der Waals surface area (Å²) >= 11 is 0. The molecule has 0 aliphatic rings. The van der Waals surface area contributed by atoms with Gasteiger partial charge in [-0.05, 0) is 56.3 Å². The van der Waals surface area contributed by atoms with Crippen LogP contribution in [0.15, 0.2) is 24.3 Å². The van der Waals surface area contributed by atoms with E-state index in [9.17, 15) is 13.6 Å². The maximum atomic E-state index is 12.0. The van der Waals surface area contributed by atoms with Gasteiger partial charge in [-0.2, -0.15) is 0 Å². The quantitative estimate of drug-likeness (QED) is 0.124. The molecule has 0 saturated carbocycles. The number of nitrogens with two attached hydrogens (primary N) is 1. The van der Waals surface area contributed by atoms with Gasteiger partial charge in [0.25, 0.3) is 0 Å². The molecule has 4 nitrogen and oxygen atoms in total. The standard InChI is InChI=1S/C21H33F2NO2.C10H23N/c1-2-18(16-21(25)26)24-19-14-12-17(13-15-19)10-8-6-4-3-5-7-9-11-20(22)23;1-2-3-4-5-6-7-8-9-10-11/h12-15,18,20,24H,2-11,16H2,1H3,(H,25,26);2-11H2,1H3. The van der Waals surface area contributed by atoms with Gasteiger partial charge < -0.3 is 16.2 Å². The van der Waals surface area contributed by atoms with Crippen molar-refractivity contribution in [2.45, 2.75) is 148 Å². The minimum Gasteiger partial charge on any atom is -0.481 e. The van der Waals surface area contributed by atoms with Crippen LogP contribution in [0, 0.1) is 0 Å². The summed E-state index contributed by atoms with van der Waals surface area (Å²) in [6, 6.07) is 8.19. The zero-order valence-electron chi connectivity index (χ0n) is 23.8. The van der Waals surface area contributed by atoms with E-state index in [1.165, 1.54) is 69.8 Å². The second-order valence-corrected chi connectivity index (χ2v) is 10.2. The van der Waals surface area contributed by atoms with Crippen molar-refractivity contribution in [1.29, 1.82) is 0 Å². The molecule has 0 fully saturated rings. The molecule has 1 aromatic carbocycles. The van der Waals surface area contributed by atoms with E-state index >= 15 is 0 Å². The van der Waals surface area contributed by atoms with Gasteiger partial charge in [0.2, 0.25) is 6.43 Å². The first kappa shape index (κ1) is 35.3. The number of aliphatic carboxylic acids is 1. The maximum absolute atomic E-state index is 12.0. The summed E-state index contributed by atoms with van der Waals surface area (Å²) in [5.41, 5.74) is 7.65. The zero-order chi connectivity index (χ0) is 27.6. The van der Waals surface area contributed by atoms with Gasteiger partial charge in [0, 0.05) is 18.2 Å². The largest absolute Gasteiger partial charge is 0.481 e. The molecule has 0 radical (unpaired) electrons. The Morgan fingerprint density at radius 2 is 1.32 bits per heavy atom. The number of hydrogen-bond donors (Lipinski definition) is 3. The number of halogens is 2. The minimum atomic E-state index is -2.15. The number of alkyl halides is 2. The van der Waals surface area contributed by atoms with Crippen LogP contribution in [0.4, 0.5) is 14.5 Å². The second kappa shape index (κ2) is 25.9. The smallest absolute Gasteiger partial charge is 0.305 e. The lowest BCUT2D eigenvalue weighted by atomic mass is 10.0. The summed E-state index contributed by atoms with van der Waals surface area (Å²) in [5.74, 6) is -0.782. The van der Waals surface area contributed by atoms with Gasteiger partial charge in [0.1, 0.15) is 0 Å². The fourth-order valence-corrected chi connectivity index (χ4v) is 4.30. The average Bonchev–Trinajstić information content (AvgIpc) is 2.87. The topological polar surface area (TPSA) is 75.3 Å². The number of unbranched alkanes of at least 4 members (excludes halogenated alkanes) is 13. The molecule has 1 rings (SSSR count). The zero-order valence-corrected chi connectivity index (χ0v) is 23.8. The van der Waals surface area contributed by atoms with Crippen LogP contribution >= 0.6 is 0 Å². The average molecular weight is 527 g/mol. The highest BCUT2D eigenvalue weighted by molar-refractivity contribution is 5.68.